The fraction of sp³-hybridized carbons (Fsp3) is 0.370. The summed E-state index contributed by atoms with van der Waals surface area (Å²) in [5.74, 6) is 0.897. The Labute approximate surface area is 210 Å². The molecule has 0 spiro atoms. The van der Waals surface area contributed by atoms with Crippen LogP contribution in [0.3, 0.4) is 0 Å². The number of anilines is 1. The van der Waals surface area contributed by atoms with Crippen LogP contribution < -0.4 is 5.32 Å². The van der Waals surface area contributed by atoms with Gasteiger partial charge in [0.1, 0.15) is 17.7 Å². The minimum atomic E-state index is -0.530. The summed E-state index contributed by atoms with van der Waals surface area (Å²) in [6.07, 6.45) is 0. The molecular weight excluding hydrogens is 456 g/mol. The second kappa shape index (κ2) is 11.1. The summed E-state index contributed by atoms with van der Waals surface area (Å²) in [4.78, 5) is 38.8. The van der Waals surface area contributed by atoms with Crippen molar-refractivity contribution in [2.75, 3.05) is 38.6 Å². The SMILES string of the molecule is COC(=O)[C@@H](Nc1nc(CN2CCN(C(=O)c3ccc(C#N)cc3)CC2)nc2ccccc12)C(C)C. The number of carbonyl (C=O) groups excluding carboxylic acids is 2. The predicted molar refractivity (Wildman–Crippen MR) is 136 cm³/mol. The molecule has 1 atom stereocenters. The van der Waals surface area contributed by atoms with Crippen LogP contribution in [0.25, 0.3) is 10.9 Å². The van der Waals surface area contributed by atoms with Gasteiger partial charge in [-0.2, -0.15) is 5.26 Å². The van der Waals surface area contributed by atoms with E-state index in [1.54, 1.807) is 24.3 Å². The third kappa shape index (κ3) is 5.61. The number of fused-ring (bicyclic) bond motifs is 1. The quantitative estimate of drug-likeness (QED) is 0.507. The molecule has 4 rings (SSSR count). The van der Waals surface area contributed by atoms with Gasteiger partial charge in [-0.1, -0.05) is 26.0 Å². The summed E-state index contributed by atoms with van der Waals surface area (Å²) < 4.78 is 4.98. The second-order valence-electron chi connectivity index (χ2n) is 9.15. The van der Waals surface area contributed by atoms with E-state index >= 15 is 0 Å². The summed E-state index contributed by atoms with van der Waals surface area (Å²) in [5.41, 5.74) is 1.92. The van der Waals surface area contributed by atoms with Crippen molar-refractivity contribution < 1.29 is 14.3 Å². The van der Waals surface area contributed by atoms with Crippen molar-refractivity contribution in [2.45, 2.75) is 26.4 Å². The van der Waals surface area contributed by atoms with Crippen molar-refractivity contribution in [1.29, 1.82) is 5.26 Å². The second-order valence-corrected chi connectivity index (χ2v) is 9.15. The Morgan fingerprint density at radius 3 is 2.39 bits per heavy atom. The third-order valence-corrected chi connectivity index (χ3v) is 6.35. The van der Waals surface area contributed by atoms with Gasteiger partial charge in [-0.15, -0.1) is 0 Å². The number of nitrogens with zero attached hydrogens (tertiary/aromatic N) is 5. The first-order valence-corrected chi connectivity index (χ1v) is 12.0. The zero-order valence-electron chi connectivity index (χ0n) is 20.8. The monoisotopic (exact) mass is 486 g/mol. The number of hydrogen-bond donors (Lipinski definition) is 1. The maximum atomic E-state index is 12.8. The van der Waals surface area contributed by atoms with Gasteiger partial charge in [0.05, 0.1) is 30.8 Å². The molecule has 9 nitrogen and oxygen atoms in total. The Balaban J connectivity index is 1.46. The number of nitrogens with one attached hydrogen (secondary N) is 1. The molecule has 0 unspecified atom stereocenters. The van der Waals surface area contributed by atoms with Crippen LogP contribution in [0, 0.1) is 17.2 Å². The molecule has 1 saturated heterocycles. The molecule has 1 aromatic heterocycles. The molecule has 0 radical (unpaired) electrons. The summed E-state index contributed by atoms with van der Waals surface area (Å²) in [5, 5.41) is 13.1. The number of aromatic nitrogens is 2. The van der Waals surface area contributed by atoms with Crippen LogP contribution in [0.15, 0.2) is 48.5 Å². The van der Waals surface area contributed by atoms with E-state index in [1.165, 1.54) is 7.11 Å². The van der Waals surface area contributed by atoms with Crippen molar-refractivity contribution >= 4 is 28.6 Å². The van der Waals surface area contributed by atoms with Gasteiger partial charge >= 0.3 is 5.97 Å². The average molecular weight is 487 g/mol. The normalized spacial score (nSPS) is 14.9. The van der Waals surface area contributed by atoms with Crippen molar-refractivity contribution in [3.05, 3.63) is 65.5 Å². The van der Waals surface area contributed by atoms with Crippen LogP contribution in [0.4, 0.5) is 5.82 Å². The summed E-state index contributed by atoms with van der Waals surface area (Å²) >= 11 is 0. The average Bonchev–Trinajstić information content (AvgIpc) is 2.91. The van der Waals surface area contributed by atoms with Gasteiger partial charge in [0.15, 0.2) is 0 Å². The fourth-order valence-corrected chi connectivity index (χ4v) is 4.26. The molecule has 1 aliphatic rings. The Bertz CT molecular complexity index is 1280. The fourth-order valence-electron chi connectivity index (χ4n) is 4.26. The molecule has 186 valence electrons. The standard InChI is InChI=1S/C27H30N6O3/c1-18(2)24(27(35)36-3)31-25-21-6-4-5-7-22(21)29-23(30-25)17-32-12-14-33(15-13-32)26(34)20-10-8-19(16-28)9-11-20/h4-11,18,24H,12-15,17H2,1-3H3,(H,29,30,31)/t24-/m0/s1. The topological polar surface area (TPSA) is 111 Å². The van der Waals surface area contributed by atoms with E-state index in [0.29, 0.717) is 55.5 Å². The Hall–Kier alpha value is -4.03. The van der Waals surface area contributed by atoms with E-state index < -0.39 is 6.04 Å². The minimum Gasteiger partial charge on any atom is -0.467 e. The zero-order valence-corrected chi connectivity index (χ0v) is 20.8. The van der Waals surface area contributed by atoms with E-state index in [1.807, 2.05) is 43.0 Å². The number of piperazine rings is 1. The molecule has 36 heavy (non-hydrogen) atoms. The highest BCUT2D eigenvalue weighted by Gasteiger charge is 2.26. The van der Waals surface area contributed by atoms with E-state index in [0.717, 1.165) is 10.9 Å². The van der Waals surface area contributed by atoms with Crippen molar-refractivity contribution in [3.63, 3.8) is 0 Å². The number of methoxy groups -OCH3 is 1. The van der Waals surface area contributed by atoms with Crippen LogP contribution in [0.2, 0.25) is 0 Å². The Kier molecular flexibility index (Phi) is 7.76. The number of esters is 1. The lowest BCUT2D eigenvalue weighted by molar-refractivity contribution is -0.142. The zero-order chi connectivity index (χ0) is 25.7. The number of para-hydroxylation sites is 1. The third-order valence-electron chi connectivity index (χ3n) is 6.35. The number of benzene rings is 2. The maximum absolute atomic E-state index is 12.8. The predicted octanol–water partition coefficient (Wildman–Crippen LogP) is 3.07. The Morgan fingerprint density at radius 1 is 1.06 bits per heavy atom. The van der Waals surface area contributed by atoms with Gasteiger partial charge in [-0.05, 0) is 42.3 Å². The summed E-state index contributed by atoms with van der Waals surface area (Å²) in [6, 6.07) is 16.0. The van der Waals surface area contributed by atoms with Gasteiger partial charge in [0, 0.05) is 37.1 Å². The Morgan fingerprint density at radius 2 is 1.75 bits per heavy atom. The van der Waals surface area contributed by atoms with Crippen LogP contribution in [0.1, 0.15) is 35.6 Å². The largest absolute Gasteiger partial charge is 0.467 e. The highest BCUT2D eigenvalue weighted by Crippen LogP contribution is 2.23. The molecule has 0 saturated carbocycles. The molecule has 1 aliphatic heterocycles. The molecule has 1 amide bonds. The maximum Gasteiger partial charge on any atom is 0.328 e. The van der Waals surface area contributed by atoms with Crippen molar-refractivity contribution in [2.24, 2.45) is 5.92 Å². The van der Waals surface area contributed by atoms with E-state index in [4.69, 9.17) is 20.0 Å². The van der Waals surface area contributed by atoms with Gasteiger partial charge in [-0.3, -0.25) is 9.69 Å². The molecule has 1 fully saturated rings. The molecule has 0 bridgehead atoms. The van der Waals surface area contributed by atoms with Crippen molar-refractivity contribution in [1.82, 2.24) is 19.8 Å². The first-order chi connectivity index (χ1) is 17.4. The van der Waals surface area contributed by atoms with E-state index in [9.17, 15) is 9.59 Å². The van der Waals surface area contributed by atoms with Crippen LogP contribution in [-0.2, 0) is 16.1 Å². The lowest BCUT2D eigenvalue weighted by Gasteiger charge is -2.34. The van der Waals surface area contributed by atoms with Crippen LogP contribution >= 0.6 is 0 Å². The molecule has 2 heterocycles. The molecule has 3 aromatic rings. The smallest absolute Gasteiger partial charge is 0.328 e. The van der Waals surface area contributed by atoms with E-state index in [2.05, 4.69) is 16.3 Å². The van der Waals surface area contributed by atoms with Crippen molar-refractivity contribution in [3.8, 4) is 6.07 Å². The van der Waals surface area contributed by atoms with Gasteiger partial charge < -0.3 is 15.0 Å². The number of ether oxygens (including phenoxy) is 1. The minimum absolute atomic E-state index is 0.0105. The number of rotatable bonds is 7. The first-order valence-electron chi connectivity index (χ1n) is 12.0. The lowest BCUT2D eigenvalue weighted by Crippen LogP contribution is -2.48. The number of carbonyl (C=O) groups is 2. The number of amides is 1. The first kappa shape index (κ1) is 25.1. The van der Waals surface area contributed by atoms with Crippen LogP contribution in [0.5, 0.6) is 0 Å². The van der Waals surface area contributed by atoms with Gasteiger partial charge in [-0.25, -0.2) is 14.8 Å². The molecule has 1 N–H and O–H groups in total. The van der Waals surface area contributed by atoms with Gasteiger partial charge in [0.25, 0.3) is 5.91 Å². The number of nitriles is 1. The summed E-state index contributed by atoms with van der Waals surface area (Å²) in [6.45, 7) is 7.01. The van der Waals surface area contributed by atoms with E-state index in [-0.39, 0.29) is 17.8 Å². The van der Waals surface area contributed by atoms with Crippen LogP contribution in [-0.4, -0.2) is 71.0 Å². The van der Waals surface area contributed by atoms with Gasteiger partial charge in [0.2, 0.25) is 0 Å². The lowest BCUT2D eigenvalue weighted by atomic mass is 10.0. The molecular formula is C27H30N6O3. The highest BCUT2D eigenvalue weighted by atomic mass is 16.5. The highest BCUT2D eigenvalue weighted by molar-refractivity contribution is 5.94. The molecule has 2 aromatic carbocycles. The number of hydrogen-bond acceptors (Lipinski definition) is 8. The molecule has 9 heteroatoms. The molecule has 0 aliphatic carbocycles. The summed E-state index contributed by atoms with van der Waals surface area (Å²) in [7, 11) is 1.38.